The minimum absolute atomic E-state index is 0.211. The van der Waals surface area contributed by atoms with E-state index < -0.39 is 8.32 Å². The zero-order valence-corrected chi connectivity index (χ0v) is 14.4. The summed E-state index contributed by atoms with van der Waals surface area (Å²) in [6.07, 6.45) is 1.62. The minimum atomic E-state index is -1.64. The van der Waals surface area contributed by atoms with Gasteiger partial charge in [0.2, 0.25) is 0 Å². The molecule has 0 aliphatic carbocycles. The van der Waals surface area contributed by atoms with Crippen LogP contribution in [-0.2, 0) is 14.0 Å². The molecule has 0 saturated heterocycles. The summed E-state index contributed by atoms with van der Waals surface area (Å²) in [4.78, 5) is 10.9. The SMILES string of the molecule is COC(=O)C(Br)CCCO[Si](C)(C)C(C)(C)C. The van der Waals surface area contributed by atoms with Crippen LogP contribution < -0.4 is 0 Å². The summed E-state index contributed by atoms with van der Waals surface area (Å²) in [6, 6.07) is 0. The lowest BCUT2D eigenvalue weighted by Gasteiger charge is -2.36. The van der Waals surface area contributed by atoms with Crippen LogP contribution in [0.15, 0.2) is 0 Å². The molecule has 0 aromatic carbocycles. The van der Waals surface area contributed by atoms with E-state index in [2.05, 4.69) is 54.5 Å². The lowest BCUT2D eigenvalue weighted by Crippen LogP contribution is -2.41. The Morgan fingerprint density at radius 1 is 1.35 bits per heavy atom. The first-order valence-corrected chi connectivity index (χ1v) is 9.80. The van der Waals surface area contributed by atoms with Gasteiger partial charge in [0, 0.05) is 6.61 Å². The summed E-state index contributed by atoms with van der Waals surface area (Å²) in [5.41, 5.74) is 0. The van der Waals surface area contributed by atoms with Crippen LogP contribution in [-0.4, -0.2) is 32.8 Å². The monoisotopic (exact) mass is 324 g/mol. The second-order valence-corrected chi connectivity index (χ2v) is 11.7. The fraction of sp³-hybridized carbons (Fsp3) is 0.917. The quantitative estimate of drug-likeness (QED) is 0.323. The van der Waals surface area contributed by atoms with Gasteiger partial charge in [0.05, 0.1) is 7.11 Å². The number of alkyl halides is 1. The smallest absolute Gasteiger partial charge is 0.319 e. The molecule has 102 valence electrons. The Labute approximate surface area is 115 Å². The van der Waals surface area contributed by atoms with Gasteiger partial charge in [0.15, 0.2) is 8.32 Å². The van der Waals surface area contributed by atoms with Gasteiger partial charge in [-0.3, -0.25) is 4.79 Å². The first kappa shape index (κ1) is 17.1. The molecule has 0 saturated carbocycles. The molecule has 3 nitrogen and oxygen atoms in total. The van der Waals surface area contributed by atoms with Crippen molar-refractivity contribution in [2.45, 2.75) is 56.6 Å². The van der Waals surface area contributed by atoms with Crippen LogP contribution >= 0.6 is 15.9 Å². The highest BCUT2D eigenvalue weighted by atomic mass is 79.9. The molecular weight excluding hydrogens is 300 g/mol. The highest BCUT2D eigenvalue weighted by Crippen LogP contribution is 2.36. The molecule has 0 rings (SSSR count). The van der Waals surface area contributed by atoms with Crippen LogP contribution in [0.25, 0.3) is 0 Å². The van der Waals surface area contributed by atoms with E-state index >= 15 is 0 Å². The molecule has 0 aliphatic heterocycles. The second kappa shape index (κ2) is 6.90. The zero-order valence-electron chi connectivity index (χ0n) is 11.8. The fourth-order valence-corrected chi connectivity index (χ4v) is 2.65. The van der Waals surface area contributed by atoms with Crippen molar-refractivity contribution < 1.29 is 14.0 Å². The van der Waals surface area contributed by atoms with Gasteiger partial charge < -0.3 is 9.16 Å². The molecular formula is C12H25BrO3Si. The predicted molar refractivity (Wildman–Crippen MR) is 77.1 cm³/mol. The van der Waals surface area contributed by atoms with Gasteiger partial charge >= 0.3 is 5.97 Å². The summed E-state index contributed by atoms with van der Waals surface area (Å²) < 4.78 is 10.7. The number of halogens is 1. The molecule has 0 spiro atoms. The van der Waals surface area contributed by atoms with Crippen molar-refractivity contribution in [1.82, 2.24) is 0 Å². The maximum absolute atomic E-state index is 11.2. The largest absolute Gasteiger partial charge is 0.468 e. The van der Waals surface area contributed by atoms with Crippen LogP contribution in [0.4, 0.5) is 0 Å². The van der Waals surface area contributed by atoms with Crippen molar-refractivity contribution >= 4 is 30.2 Å². The summed E-state index contributed by atoms with van der Waals surface area (Å²) >= 11 is 3.30. The second-order valence-electron chi connectivity index (χ2n) is 5.74. The molecule has 0 heterocycles. The van der Waals surface area contributed by atoms with E-state index in [1.165, 1.54) is 7.11 Å². The third-order valence-electron chi connectivity index (χ3n) is 3.33. The molecule has 1 unspecified atom stereocenters. The number of hydrogen-bond donors (Lipinski definition) is 0. The molecule has 0 amide bonds. The first-order valence-electron chi connectivity index (χ1n) is 5.97. The number of hydrogen-bond acceptors (Lipinski definition) is 3. The summed E-state index contributed by atoms with van der Waals surface area (Å²) in [7, 11) is -0.238. The van der Waals surface area contributed by atoms with Crippen molar-refractivity contribution in [2.75, 3.05) is 13.7 Å². The van der Waals surface area contributed by atoms with Crippen molar-refractivity contribution in [1.29, 1.82) is 0 Å². The van der Waals surface area contributed by atoms with Crippen molar-refractivity contribution in [3.63, 3.8) is 0 Å². The van der Waals surface area contributed by atoms with Crippen molar-refractivity contribution in [2.24, 2.45) is 0 Å². The van der Waals surface area contributed by atoms with E-state index in [0.717, 1.165) is 19.4 Å². The maximum atomic E-state index is 11.2. The standard InChI is InChI=1S/C12H25BrO3Si/c1-12(2,3)17(5,6)16-9-7-8-10(13)11(14)15-4/h10H,7-9H2,1-6H3. The van der Waals surface area contributed by atoms with E-state index in [0.29, 0.717) is 0 Å². The molecule has 0 radical (unpaired) electrons. The Hall–Kier alpha value is 0.127. The first-order chi connectivity index (χ1) is 7.62. The average Bonchev–Trinajstić information content (AvgIpc) is 2.21. The van der Waals surface area contributed by atoms with Crippen LogP contribution in [0.5, 0.6) is 0 Å². The predicted octanol–water partition coefficient (Wildman–Crippen LogP) is 3.72. The fourth-order valence-electron chi connectivity index (χ4n) is 1.05. The van der Waals surface area contributed by atoms with Gasteiger partial charge in [-0.05, 0) is 31.0 Å². The Balaban J connectivity index is 3.90. The summed E-state index contributed by atoms with van der Waals surface area (Å²) in [6.45, 7) is 11.9. The third-order valence-corrected chi connectivity index (χ3v) is 8.70. The Kier molecular flexibility index (Phi) is 6.95. The molecule has 0 aliphatic rings. The normalized spacial score (nSPS) is 14.5. The average molecular weight is 325 g/mol. The van der Waals surface area contributed by atoms with Crippen LogP contribution in [0.1, 0.15) is 33.6 Å². The highest BCUT2D eigenvalue weighted by molar-refractivity contribution is 9.10. The zero-order chi connectivity index (χ0) is 13.7. The molecule has 0 aromatic rings. The van der Waals surface area contributed by atoms with Gasteiger partial charge in [-0.25, -0.2) is 0 Å². The van der Waals surface area contributed by atoms with E-state index in [9.17, 15) is 4.79 Å². The number of esters is 1. The number of rotatable bonds is 6. The molecule has 1 atom stereocenters. The number of methoxy groups -OCH3 is 1. The Morgan fingerprint density at radius 3 is 2.29 bits per heavy atom. The molecule has 0 aromatic heterocycles. The third kappa shape index (κ3) is 6.02. The van der Waals surface area contributed by atoms with Gasteiger partial charge in [-0.15, -0.1) is 0 Å². The molecule has 5 heteroatoms. The van der Waals surface area contributed by atoms with Crippen molar-refractivity contribution in [3.8, 4) is 0 Å². The van der Waals surface area contributed by atoms with Crippen LogP contribution in [0.3, 0.4) is 0 Å². The van der Waals surface area contributed by atoms with E-state index in [1.54, 1.807) is 0 Å². The number of carbonyl (C=O) groups excluding carboxylic acids is 1. The van der Waals surface area contributed by atoms with Gasteiger partial charge in [-0.2, -0.15) is 0 Å². The van der Waals surface area contributed by atoms with E-state index in [4.69, 9.17) is 4.43 Å². The lowest BCUT2D eigenvalue weighted by molar-refractivity contribution is -0.139. The van der Waals surface area contributed by atoms with E-state index in [1.807, 2.05) is 0 Å². The van der Waals surface area contributed by atoms with Crippen LogP contribution in [0.2, 0.25) is 18.1 Å². The Bertz CT molecular complexity index is 249. The van der Waals surface area contributed by atoms with Crippen molar-refractivity contribution in [3.05, 3.63) is 0 Å². The maximum Gasteiger partial charge on any atom is 0.319 e. The number of ether oxygens (including phenoxy) is 1. The molecule has 0 bridgehead atoms. The highest BCUT2D eigenvalue weighted by Gasteiger charge is 2.36. The molecule has 0 fully saturated rings. The molecule has 17 heavy (non-hydrogen) atoms. The lowest BCUT2D eigenvalue weighted by atomic mass is 10.2. The van der Waals surface area contributed by atoms with Crippen LogP contribution in [0, 0.1) is 0 Å². The molecule has 0 N–H and O–H groups in total. The Morgan fingerprint density at radius 2 is 1.88 bits per heavy atom. The summed E-state index contributed by atoms with van der Waals surface area (Å²) in [5, 5.41) is 0.239. The van der Waals surface area contributed by atoms with Gasteiger partial charge in [-0.1, -0.05) is 36.7 Å². The van der Waals surface area contributed by atoms with E-state index in [-0.39, 0.29) is 15.8 Å². The number of carbonyl (C=O) groups is 1. The minimum Gasteiger partial charge on any atom is -0.468 e. The van der Waals surface area contributed by atoms with Gasteiger partial charge in [0.25, 0.3) is 0 Å². The topological polar surface area (TPSA) is 35.5 Å². The summed E-state index contributed by atoms with van der Waals surface area (Å²) in [5.74, 6) is -0.211. The van der Waals surface area contributed by atoms with Gasteiger partial charge in [0.1, 0.15) is 4.83 Å².